The Labute approximate surface area is 187 Å². The molecule has 10 heteroatoms. The van der Waals surface area contributed by atoms with Gasteiger partial charge in [0.2, 0.25) is 0 Å². The van der Waals surface area contributed by atoms with Gasteiger partial charge in [0, 0.05) is 17.7 Å². The second-order valence-corrected chi connectivity index (χ2v) is 7.62. The lowest BCUT2D eigenvalue weighted by Crippen LogP contribution is -2.31. The first kappa shape index (κ1) is 22.4. The molecular formula is C23H21F3N4O3. The van der Waals surface area contributed by atoms with Crippen molar-refractivity contribution in [1.29, 1.82) is 0 Å². The molecule has 2 aromatic carbocycles. The number of phenols is 1. The zero-order valence-electron chi connectivity index (χ0n) is 17.9. The number of aromatic hydroxyl groups is 1. The molecule has 1 atom stereocenters. The Morgan fingerprint density at radius 2 is 1.88 bits per heavy atom. The fourth-order valence-corrected chi connectivity index (χ4v) is 3.72. The van der Waals surface area contributed by atoms with Gasteiger partial charge in [0.1, 0.15) is 18.0 Å². The topological polar surface area (TPSA) is 80.0 Å². The van der Waals surface area contributed by atoms with Crippen LogP contribution in [0.25, 0.3) is 0 Å². The van der Waals surface area contributed by atoms with Crippen molar-refractivity contribution in [2.75, 3.05) is 7.11 Å². The third-order valence-electron chi connectivity index (χ3n) is 5.44. The molecule has 1 aliphatic rings. The number of halogens is 3. The minimum atomic E-state index is -4.61. The van der Waals surface area contributed by atoms with Crippen molar-refractivity contribution in [2.45, 2.75) is 32.1 Å². The summed E-state index contributed by atoms with van der Waals surface area (Å²) < 4.78 is 45.2. The van der Waals surface area contributed by atoms with Gasteiger partial charge >= 0.3 is 6.18 Å². The van der Waals surface area contributed by atoms with Crippen molar-refractivity contribution >= 4 is 11.6 Å². The van der Waals surface area contributed by atoms with E-state index in [1.165, 1.54) is 18.0 Å². The van der Waals surface area contributed by atoms with Gasteiger partial charge in [-0.05, 0) is 48.9 Å². The quantitative estimate of drug-likeness (QED) is 0.618. The van der Waals surface area contributed by atoms with Crippen LogP contribution in [0.15, 0.2) is 59.7 Å². The number of rotatable bonds is 5. The molecule has 1 unspecified atom stereocenters. The van der Waals surface area contributed by atoms with E-state index in [9.17, 15) is 23.1 Å². The molecule has 0 saturated heterocycles. The third kappa shape index (κ3) is 4.55. The van der Waals surface area contributed by atoms with Crippen LogP contribution in [0.5, 0.6) is 11.5 Å². The number of aromatic nitrogens is 2. The van der Waals surface area contributed by atoms with Crippen LogP contribution < -0.4 is 4.74 Å². The lowest BCUT2D eigenvalue weighted by Gasteiger charge is -2.23. The summed E-state index contributed by atoms with van der Waals surface area (Å²) in [6.07, 6.45) is -4.29. The van der Waals surface area contributed by atoms with Crippen LogP contribution in [-0.4, -0.2) is 38.6 Å². The summed E-state index contributed by atoms with van der Waals surface area (Å²) in [5, 5.41) is 19.6. The van der Waals surface area contributed by atoms with Gasteiger partial charge in [-0.3, -0.25) is 9.48 Å². The number of aryl methyl sites for hydroxylation is 1. The SMILES string of the molecule is COc1ccc(C2=NN(C(=O)Cn3nc(C(F)(F)F)cc3C)C(c3ccccc3O)C2)cc1. The molecule has 1 aliphatic heterocycles. The van der Waals surface area contributed by atoms with E-state index in [2.05, 4.69) is 10.2 Å². The number of benzene rings is 2. The normalized spacial score (nSPS) is 16.1. The van der Waals surface area contributed by atoms with Gasteiger partial charge in [-0.15, -0.1) is 0 Å². The second kappa shape index (κ2) is 8.61. The van der Waals surface area contributed by atoms with Gasteiger partial charge in [-0.1, -0.05) is 18.2 Å². The van der Waals surface area contributed by atoms with E-state index >= 15 is 0 Å². The fraction of sp³-hybridized carbons (Fsp3) is 0.261. The Balaban J connectivity index is 1.66. The molecule has 0 radical (unpaired) electrons. The van der Waals surface area contributed by atoms with Crippen molar-refractivity contribution in [1.82, 2.24) is 14.8 Å². The number of carbonyl (C=O) groups is 1. The van der Waals surface area contributed by atoms with Crippen LogP contribution in [-0.2, 0) is 17.5 Å². The number of ether oxygens (including phenoxy) is 1. The molecule has 0 spiro atoms. The highest BCUT2D eigenvalue weighted by molar-refractivity contribution is 6.03. The van der Waals surface area contributed by atoms with Gasteiger partial charge in [0.15, 0.2) is 5.69 Å². The van der Waals surface area contributed by atoms with Crippen LogP contribution >= 0.6 is 0 Å². The molecule has 4 rings (SSSR count). The minimum Gasteiger partial charge on any atom is -0.508 e. The summed E-state index contributed by atoms with van der Waals surface area (Å²) in [6, 6.07) is 14.0. The molecule has 0 saturated carbocycles. The molecule has 1 aromatic heterocycles. The van der Waals surface area contributed by atoms with Crippen molar-refractivity contribution in [3.8, 4) is 11.5 Å². The highest BCUT2D eigenvalue weighted by Gasteiger charge is 2.37. The van der Waals surface area contributed by atoms with E-state index in [0.29, 0.717) is 23.4 Å². The van der Waals surface area contributed by atoms with E-state index in [1.807, 2.05) is 0 Å². The highest BCUT2D eigenvalue weighted by Crippen LogP contribution is 2.37. The standard InChI is InChI=1S/C23H21F3N4O3/c1-14-11-21(23(24,25)26)28-29(14)13-22(32)30-19(17-5-3-4-6-20(17)31)12-18(27-30)15-7-9-16(33-2)10-8-15/h3-11,19,31H,12-13H2,1-2H3. The predicted molar refractivity (Wildman–Crippen MR) is 114 cm³/mol. The summed E-state index contributed by atoms with van der Waals surface area (Å²) in [4.78, 5) is 13.2. The van der Waals surface area contributed by atoms with Crippen LogP contribution in [0.4, 0.5) is 13.2 Å². The molecule has 2 heterocycles. The van der Waals surface area contributed by atoms with Gasteiger partial charge in [0.05, 0.1) is 18.9 Å². The molecule has 33 heavy (non-hydrogen) atoms. The Bertz CT molecular complexity index is 1200. The molecule has 3 aromatic rings. The summed E-state index contributed by atoms with van der Waals surface area (Å²) in [5.41, 5.74) is 1.00. The molecule has 7 nitrogen and oxygen atoms in total. The molecule has 1 N–H and O–H groups in total. The van der Waals surface area contributed by atoms with Crippen LogP contribution in [0, 0.1) is 6.92 Å². The monoisotopic (exact) mass is 458 g/mol. The molecule has 0 bridgehead atoms. The maximum Gasteiger partial charge on any atom is 0.435 e. The number of para-hydroxylation sites is 1. The number of amides is 1. The first-order chi connectivity index (χ1) is 15.7. The van der Waals surface area contributed by atoms with Gasteiger partial charge < -0.3 is 9.84 Å². The minimum absolute atomic E-state index is 0.00103. The lowest BCUT2D eigenvalue weighted by atomic mass is 9.97. The predicted octanol–water partition coefficient (Wildman–Crippen LogP) is 4.30. The van der Waals surface area contributed by atoms with Crippen molar-refractivity contribution in [3.63, 3.8) is 0 Å². The molecular weight excluding hydrogens is 437 g/mol. The van der Waals surface area contributed by atoms with Gasteiger partial charge in [-0.2, -0.15) is 23.4 Å². The van der Waals surface area contributed by atoms with E-state index in [1.54, 1.807) is 49.6 Å². The molecule has 0 aliphatic carbocycles. The summed E-state index contributed by atoms with van der Waals surface area (Å²) in [5.74, 6) is 0.116. The average molecular weight is 458 g/mol. The lowest BCUT2D eigenvalue weighted by molar-refractivity contribution is -0.142. The average Bonchev–Trinajstić information content (AvgIpc) is 3.38. The molecule has 172 valence electrons. The zero-order chi connectivity index (χ0) is 23.8. The van der Waals surface area contributed by atoms with E-state index in [-0.39, 0.29) is 11.4 Å². The number of methoxy groups -OCH3 is 1. The highest BCUT2D eigenvalue weighted by atomic mass is 19.4. The number of nitrogens with zero attached hydrogens (tertiary/aromatic N) is 4. The Hall–Kier alpha value is -3.82. The zero-order valence-corrected chi connectivity index (χ0v) is 17.9. The van der Waals surface area contributed by atoms with Crippen LogP contribution in [0.1, 0.15) is 35.0 Å². The Morgan fingerprint density at radius 1 is 1.18 bits per heavy atom. The number of hydrogen-bond acceptors (Lipinski definition) is 5. The van der Waals surface area contributed by atoms with Crippen molar-refractivity contribution in [2.24, 2.45) is 5.10 Å². The van der Waals surface area contributed by atoms with Crippen molar-refractivity contribution in [3.05, 3.63) is 77.1 Å². The second-order valence-electron chi connectivity index (χ2n) is 7.62. The Morgan fingerprint density at radius 3 is 2.48 bits per heavy atom. The summed E-state index contributed by atoms with van der Waals surface area (Å²) in [7, 11) is 1.55. The van der Waals surface area contributed by atoms with E-state index in [0.717, 1.165) is 16.3 Å². The number of alkyl halides is 3. The number of hydrazone groups is 1. The first-order valence-electron chi connectivity index (χ1n) is 10.1. The fourth-order valence-electron chi connectivity index (χ4n) is 3.72. The molecule has 1 amide bonds. The number of phenolic OH excluding ortho intramolecular Hbond substituents is 1. The van der Waals surface area contributed by atoms with Gasteiger partial charge in [0.25, 0.3) is 5.91 Å². The Kier molecular flexibility index (Phi) is 5.84. The summed E-state index contributed by atoms with van der Waals surface area (Å²) >= 11 is 0. The number of carbonyl (C=O) groups excluding carboxylic acids is 1. The van der Waals surface area contributed by atoms with Crippen LogP contribution in [0.2, 0.25) is 0 Å². The summed E-state index contributed by atoms with van der Waals surface area (Å²) in [6.45, 7) is 1.03. The first-order valence-corrected chi connectivity index (χ1v) is 10.1. The number of hydrogen-bond donors (Lipinski definition) is 1. The third-order valence-corrected chi connectivity index (χ3v) is 5.44. The smallest absolute Gasteiger partial charge is 0.435 e. The van der Waals surface area contributed by atoms with Gasteiger partial charge in [-0.25, -0.2) is 5.01 Å². The maximum absolute atomic E-state index is 13.2. The van der Waals surface area contributed by atoms with Crippen molar-refractivity contribution < 1.29 is 27.8 Å². The molecule has 0 fully saturated rings. The maximum atomic E-state index is 13.2. The largest absolute Gasteiger partial charge is 0.508 e. The van der Waals surface area contributed by atoms with E-state index in [4.69, 9.17) is 4.74 Å². The van der Waals surface area contributed by atoms with E-state index < -0.39 is 30.4 Å². The van der Waals surface area contributed by atoms with Crippen LogP contribution in [0.3, 0.4) is 0 Å².